The van der Waals surface area contributed by atoms with Crippen molar-refractivity contribution in [1.82, 2.24) is 4.73 Å². The van der Waals surface area contributed by atoms with Crippen LogP contribution in [0.1, 0.15) is 25.1 Å². The van der Waals surface area contributed by atoms with E-state index in [1.165, 1.54) is 6.07 Å². The van der Waals surface area contributed by atoms with Gasteiger partial charge in [0.1, 0.15) is 0 Å². The van der Waals surface area contributed by atoms with Gasteiger partial charge in [-0.25, -0.2) is 0 Å². The minimum absolute atomic E-state index is 0.351. The zero-order chi connectivity index (χ0) is 10.0. The van der Waals surface area contributed by atoms with Crippen LogP contribution in [0.5, 0.6) is 0 Å². The first-order valence-electron chi connectivity index (χ1n) is 4.42. The van der Waals surface area contributed by atoms with Crippen molar-refractivity contribution in [1.29, 1.82) is 0 Å². The minimum Gasteiger partial charge on any atom is -0.425 e. The summed E-state index contributed by atoms with van der Waals surface area (Å²) in [5.74, 6) is 0.430. The monoisotopic (exact) mass is 181 g/mol. The van der Waals surface area contributed by atoms with E-state index in [2.05, 4.69) is 0 Å². The van der Waals surface area contributed by atoms with Crippen LogP contribution in [0, 0.1) is 12.8 Å². The lowest BCUT2D eigenvalue weighted by Gasteiger charge is -2.08. The third kappa shape index (κ3) is 2.34. The topological polar surface area (TPSA) is 42.2 Å². The molecule has 0 amide bonds. The smallest absolute Gasteiger partial charge is 0.283 e. The number of nitrogens with zero attached hydrogens (tertiary/aromatic N) is 1. The molecule has 0 spiro atoms. The summed E-state index contributed by atoms with van der Waals surface area (Å²) in [6.07, 6.45) is 0.716. The van der Waals surface area contributed by atoms with Gasteiger partial charge in [0, 0.05) is 6.07 Å². The van der Waals surface area contributed by atoms with Gasteiger partial charge in [-0.3, -0.25) is 4.79 Å². The molecular formula is C10H15NO2. The molecule has 0 aromatic carbocycles. The molecule has 1 aromatic heterocycles. The molecule has 0 saturated heterocycles. The Labute approximate surface area is 77.6 Å². The fourth-order valence-corrected chi connectivity index (χ4v) is 1.33. The van der Waals surface area contributed by atoms with Crippen LogP contribution < -0.4 is 5.56 Å². The minimum atomic E-state index is -0.351. The molecule has 1 aromatic rings. The highest BCUT2D eigenvalue weighted by Crippen LogP contribution is 2.06. The first kappa shape index (κ1) is 9.84. The predicted octanol–water partition coefficient (Wildman–Crippen LogP) is 1.59. The highest BCUT2D eigenvalue weighted by molar-refractivity contribution is 5.15. The molecule has 0 saturated carbocycles. The second-order valence-corrected chi connectivity index (χ2v) is 3.77. The molecule has 0 bridgehead atoms. The van der Waals surface area contributed by atoms with Gasteiger partial charge in [-0.2, -0.15) is 4.73 Å². The lowest BCUT2D eigenvalue weighted by Crippen LogP contribution is -2.21. The van der Waals surface area contributed by atoms with Crippen LogP contribution in [-0.2, 0) is 6.42 Å². The Morgan fingerprint density at radius 1 is 1.46 bits per heavy atom. The van der Waals surface area contributed by atoms with Crippen molar-refractivity contribution in [3.05, 3.63) is 33.7 Å². The van der Waals surface area contributed by atoms with Crippen molar-refractivity contribution < 1.29 is 5.21 Å². The Morgan fingerprint density at radius 3 is 2.62 bits per heavy atom. The maximum Gasteiger partial charge on any atom is 0.283 e. The average molecular weight is 181 g/mol. The molecule has 1 rings (SSSR count). The van der Waals surface area contributed by atoms with E-state index in [0.29, 0.717) is 18.0 Å². The van der Waals surface area contributed by atoms with Gasteiger partial charge in [-0.1, -0.05) is 13.8 Å². The van der Waals surface area contributed by atoms with Gasteiger partial charge >= 0.3 is 0 Å². The Bertz CT molecular complexity index is 352. The van der Waals surface area contributed by atoms with E-state index in [9.17, 15) is 10.0 Å². The number of hydrogen-bond acceptors (Lipinski definition) is 2. The van der Waals surface area contributed by atoms with Crippen LogP contribution in [0.4, 0.5) is 0 Å². The van der Waals surface area contributed by atoms with Gasteiger partial charge in [0.05, 0.1) is 5.69 Å². The molecule has 72 valence electrons. The van der Waals surface area contributed by atoms with Crippen LogP contribution >= 0.6 is 0 Å². The van der Waals surface area contributed by atoms with Gasteiger partial charge < -0.3 is 5.21 Å². The Balaban J connectivity index is 3.13. The average Bonchev–Trinajstić information content (AvgIpc) is 1.98. The van der Waals surface area contributed by atoms with Crippen molar-refractivity contribution >= 4 is 0 Å². The molecule has 3 heteroatoms. The number of pyridine rings is 1. The molecule has 0 aliphatic heterocycles. The standard InChI is InChI=1S/C10H15NO2/c1-7(2)4-9-5-8(3)6-10(12)11(9)13/h5-7,13H,4H2,1-3H3. The first-order valence-corrected chi connectivity index (χ1v) is 4.42. The molecule has 1 N–H and O–H groups in total. The van der Waals surface area contributed by atoms with E-state index in [-0.39, 0.29) is 5.56 Å². The highest BCUT2D eigenvalue weighted by Gasteiger charge is 2.05. The maximum atomic E-state index is 11.2. The molecule has 0 aliphatic carbocycles. The van der Waals surface area contributed by atoms with Crippen molar-refractivity contribution in [3.63, 3.8) is 0 Å². The quantitative estimate of drug-likeness (QED) is 0.704. The van der Waals surface area contributed by atoms with Crippen LogP contribution in [-0.4, -0.2) is 9.94 Å². The summed E-state index contributed by atoms with van der Waals surface area (Å²) in [6.45, 7) is 5.95. The predicted molar refractivity (Wildman–Crippen MR) is 51.2 cm³/mol. The summed E-state index contributed by atoms with van der Waals surface area (Å²) < 4.78 is 0.729. The van der Waals surface area contributed by atoms with Gasteiger partial charge in [0.2, 0.25) is 0 Å². The Kier molecular flexibility index (Phi) is 2.76. The summed E-state index contributed by atoms with van der Waals surface area (Å²) in [7, 11) is 0. The van der Waals surface area contributed by atoms with Gasteiger partial charge in [0.15, 0.2) is 0 Å². The molecule has 3 nitrogen and oxygen atoms in total. The maximum absolute atomic E-state index is 11.2. The molecule has 1 heterocycles. The van der Waals surface area contributed by atoms with Gasteiger partial charge in [-0.15, -0.1) is 0 Å². The molecule has 0 radical (unpaired) electrons. The molecule has 0 fully saturated rings. The number of rotatable bonds is 2. The summed E-state index contributed by atoms with van der Waals surface area (Å²) in [5.41, 5.74) is 1.22. The van der Waals surface area contributed by atoms with E-state index >= 15 is 0 Å². The lowest BCUT2D eigenvalue weighted by atomic mass is 10.1. The normalized spacial score (nSPS) is 10.8. The summed E-state index contributed by atoms with van der Waals surface area (Å²) in [5, 5.41) is 9.38. The van der Waals surface area contributed by atoms with Crippen LogP contribution in [0.3, 0.4) is 0 Å². The molecule has 0 unspecified atom stereocenters. The Hall–Kier alpha value is -1.25. The second kappa shape index (κ2) is 3.64. The fourth-order valence-electron chi connectivity index (χ4n) is 1.33. The highest BCUT2D eigenvalue weighted by atomic mass is 16.5. The fraction of sp³-hybridized carbons (Fsp3) is 0.500. The van der Waals surface area contributed by atoms with Crippen molar-refractivity contribution in [2.45, 2.75) is 27.2 Å². The zero-order valence-corrected chi connectivity index (χ0v) is 8.24. The third-order valence-corrected chi connectivity index (χ3v) is 1.84. The van der Waals surface area contributed by atoms with E-state index < -0.39 is 0 Å². The number of aromatic nitrogens is 1. The van der Waals surface area contributed by atoms with Crippen LogP contribution in [0.2, 0.25) is 0 Å². The van der Waals surface area contributed by atoms with Crippen molar-refractivity contribution in [2.24, 2.45) is 5.92 Å². The number of hydrogen-bond donors (Lipinski definition) is 1. The van der Waals surface area contributed by atoms with E-state index in [0.717, 1.165) is 10.3 Å². The van der Waals surface area contributed by atoms with Gasteiger partial charge in [-0.05, 0) is 30.9 Å². The SMILES string of the molecule is Cc1cc(CC(C)C)n(O)c(=O)c1. The number of aryl methyl sites for hydroxylation is 1. The summed E-state index contributed by atoms with van der Waals surface area (Å²) in [6, 6.07) is 3.26. The summed E-state index contributed by atoms with van der Waals surface area (Å²) in [4.78, 5) is 11.2. The Morgan fingerprint density at radius 2 is 2.08 bits per heavy atom. The molecule has 0 aliphatic rings. The van der Waals surface area contributed by atoms with E-state index in [1.54, 1.807) is 0 Å². The van der Waals surface area contributed by atoms with E-state index in [1.807, 2.05) is 26.8 Å². The van der Waals surface area contributed by atoms with Crippen molar-refractivity contribution in [2.75, 3.05) is 0 Å². The lowest BCUT2D eigenvalue weighted by molar-refractivity contribution is 0.163. The second-order valence-electron chi connectivity index (χ2n) is 3.77. The van der Waals surface area contributed by atoms with Gasteiger partial charge in [0.25, 0.3) is 5.56 Å². The van der Waals surface area contributed by atoms with Crippen LogP contribution in [0.25, 0.3) is 0 Å². The molecule has 13 heavy (non-hydrogen) atoms. The van der Waals surface area contributed by atoms with Crippen molar-refractivity contribution in [3.8, 4) is 0 Å². The molecule has 0 atom stereocenters. The summed E-state index contributed by atoms with van der Waals surface area (Å²) >= 11 is 0. The third-order valence-electron chi connectivity index (χ3n) is 1.84. The molecular weight excluding hydrogens is 166 g/mol. The first-order chi connectivity index (χ1) is 6.00. The largest absolute Gasteiger partial charge is 0.425 e. The van der Waals surface area contributed by atoms with E-state index in [4.69, 9.17) is 0 Å². The van der Waals surface area contributed by atoms with Crippen LogP contribution in [0.15, 0.2) is 16.9 Å². The zero-order valence-electron chi connectivity index (χ0n) is 8.24.